The topological polar surface area (TPSA) is 44.1 Å². The number of aryl methyl sites for hydroxylation is 1. The van der Waals surface area contributed by atoms with E-state index in [1.54, 1.807) is 30.1 Å². The highest BCUT2D eigenvalue weighted by atomic mass is 19.3. The molecule has 0 spiro atoms. The number of allylic oxidation sites excluding steroid dienone is 1. The van der Waals surface area contributed by atoms with E-state index < -0.39 is 6.61 Å². The van der Waals surface area contributed by atoms with Crippen LogP contribution in [0.1, 0.15) is 16.1 Å². The smallest absolute Gasteiger partial charge is 0.387 e. The predicted octanol–water partition coefficient (Wildman–Crippen LogP) is 2.92. The minimum atomic E-state index is -2.91. The molecule has 1 aromatic carbocycles. The molecule has 0 saturated carbocycles. The van der Waals surface area contributed by atoms with Gasteiger partial charge in [0.1, 0.15) is 5.75 Å². The van der Waals surface area contributed by atoms with E-state index in [9.17, 15) is 13.6 Å². The molecule has 0 fully saturated rings. The molecule has 0 bridgehead atoms. The van der Waals surface area contributed by atoms with Crippen LogP contribution in [0.5, 0.6) is 5.75 Å². The quantitative estimate of drug-likeness (QED) is 0.624. The van der Waals surface area contributed by atoms with Crippen molar-refractivity contribution >= 4 is 11.9 Å². The van der Waals surface area contributed by atoms with Gasteiger partial charge >= 0.3 is 6.61 Å². The number of nitrogens with zero attached hydrogens (tertiary/aromatic N) is 2. The zero-order valence-electron chi connectivity index (χ0n) is 10.7. The number of carbonyl (C=O) groups is 1. The van der Waals surface area contributed by atoms with Gasteiger partial charge in [0.25, 0.3) is 0 Å². The molecule has 0 unspecified atom stereocenters. The fourth-order valence-corrected chi connectivity index (χ4v) is 1.63. The number of alkyl halides is 2. The van der Waals surface area contributed by atoms with E-state index in [-0.39, 0.29) is 17.1 Å². The first-order valence-corrected chi connectivity index (χ1v) is 5.81. The Kier molecular flexibility index (Phi) is 4.24. The van der Waals surface area contributed by atoms with Crippen LogP contribution in [-0.2, 0) is 7.05 Å². The van der Waals surface area contributed by atoms with Crippen molar-refractivity contribution in [3.05, 3.63) is 53.9 Å². The number of ether oxygens (including phenoxy) is 1. The fourth-order valence-electron chi connectivity index (χ4n) is 1.63. The lowest BCUT2D eigenvalue weighted by molar-refractivity contribution is -0.0498. The summed E-state index contributed by atoms with van der Waals surface area (Å²) in [5, 5.41) is 3.96. The van der Waals surface area contributed by atoms with Gasteiger partial charge in [-0.05, 0) is 30.4 Å². The normalized spacial score (nSPS) is 11.2. The van der Waals surface area contributed by atoms with E-state index in [0.717, 1.165) is 5.69 Å². The number of ketones is 1. The van der Waals surface area contributed by atoms with Gasteiger partial charge in [-0.2, -0.15) is 13.9 Å². The Bertz CT molecular complexity index is 636. The van der Waals surface area contributed by atoms with Crippen molar-refractivity contribution in [3.8, 4) is 5.75 Å². The Morgan fingerprint density at radius 3 is 2.85 bits per heavy atom. The molecular formula is C14H12F2N2O2. The highest BCUT2D eigenvalue weighted by molar-refractivity contribution is 6.06. The average molecular weight is 278 g/mol. The fraction of sp³-hybridized carbons (Fsp3) is 0.143. The molecule has 0 N–H and O–H groups in total. The zero-order valence-corrected chi connectivity index (χ0v) is 10.7. The van der Waals surface area contributed by atoms with Crippen molar-refractivity contribution in [1.82, 2.24) is 9.78 Å². The van der Waals surface area contributed by atoms with Gasteiger partial charge < -0.3 is 4.74 Å². The second-order valence-corrected chi connectivity index (χ2v) is 3.98. The molecule has 2 aromatic rings. The number of aromatic nitrogens is 2. The SMILES string of the molecule is Cn1nccc1/C=C/C(=O)c1cccc(OC(F)F)c1. The number of carbonyl (C=O) groups excluding carboxylic acids is 1. The van der Waals surface area contributed by atoms with Crippen LogP contribution < -0.4 is 4.74 Å². The van der Waals surface area contributed by atoms with Crippen LogP contribution in [-0.4, -0.2) is 22.2 Å². The first-order chi connectivity index (χ1) is 9.56. The van der Waals surface area contributed by atoms with E-state index in [2.05, 4.69) is 9.84 Å². The van der Waals surface area contributed by atoms with E-state index in [4.69, 9.17) is 0 Å². The Morgan fingerprint density at radius 2 is 2.20 bits per heavy atom. The molecule has 104 valence electrons. The van der Waals surface area contributed by atoms with Crippen molar-refractivity contribution in [2.24, 2.45) is 7.05 Å². The molecule has 4 nitrogen and oxygen atoms in total. The van der Waals surface area contributed by atoms with Gasteiger partial charge in [-0.15, -0.1) is 0 Å². The van der Waals surface area contributed by atoms with Gasteiger partial charge in [0, 0.05) is 18.8 Å². The second-order valence-electron chi connectivity index (χ2n) is 3.98. The molecule has 0 aliphatic heterocycles. The van der Waals surface area contributed by atoms with Crippen molar-refractivity contribution in [1.29, 1.82) is 0 Å². The lowest BCUT2D eigenvalue weighted by Gasteiger charge is -2.04. The molecule has 2 rings (SSSR count). The van der Waals surface area contributed by atoms with Gasteiger partial charge in [-0.1, -0.05) is 12.1 Å². The van der Waals surface area contributed by atoms with Gasteiger partial charge in [0.2, 0.25) is 0 Å². The lowest BCUT2D eigenvalue weighted by atomic mass is 10.1. The zero-order chi connectivity index (χ0) is 14.5. The summed E-state index contributed by atoms with van der Waals surface area (Å²) in [6.45, 7) is -2.91. The summed E-state index contributed by atoms with van der Waals surface area (Å²) in [5.74, 6) is -0.342. The summed E-state index contributed by atoms with van der Waals surface area (Å²) >= 11 is 0. The largest absolute Gasteiger partial charge is 0.435 e. The molecule has 0 aliphatic rings. The van der Waals surface area contributed by atoms with Crippen molar-refractivity contribution < 1.29 is 18.3 Å². The maximum Gasteiger partial charge on any atom is 0.387 e. The van der Waals surface area contributed by atoms with Crippen LogP contribution in [0.2, 0.25) is 0 Å². The molecule has 20 heavy (non-hydrogen) atoms. The number of benzene rings is 1. The molecule has 0 atom stereocenters. The summed E-state index contributed by atoms with van der Waals surface area (Å²) < 4.78 is 30.1. The van der Waals surface area contributed by atoms with Gasteiger partial charge in [0.15, 0.2) is 5.78 Å². The third-order valence-corrected chi connectivity index (χ3v) is 2.61. The average Bonchev–Trinajstić information content (AvgIpc) is 2.81. The van der Waals surface area contributed by atoms with Crippen LogP contribution in [0.4, 0.5) is 8.78 Å². The van der Waals surface area contributed by atoms with Crippen LogP contribution in [0.25, 0.3) is 6.08 Å². The minimum absolute atomic E-state index is 0.0419. The molecule has 6 heteroatoms. The first-order valence-electron chi connectivity index (χ1n) is 5.81. The summed E-state index contributed by atoms with van der Waals surface area (Å²) in [4.78, 5) is 11.9. The summed E-state index contributed by atoms with van der Waals surface area (Å²) in [6, 6.07) is 7.42. The van der Waals surface area contributed by atoms with E-state index in [1.165, 1.54) is 30.3 Å². The third-order valence-electron chi connectivity index (χ3n) is 2.61. The Morgan fingerprint density at radius 1 is 1.40 bits per heavy atom. The maximum absolute atomic E-state index is 12.1. The van der Waals surface area contributed by atoms with E-state index in [1.807, 2.05) is 0 Å². The number of rotatable bonds is 5. The number of hydrogen-bond donors (Lipinski definition) is 0. The monoisotopic (exact) mass is 278 g/mol. The maximum atomic E-state index is 12.1. The Labute approximate surface area is 114 Å². The van der Waals surface area contributed by atoms with Crippen molar-refractivity contribution in [2.75, 3.05) is 0 Å². The summed E-state index contributed by atoms with van der Waals surface area (Å²) in [5.41, 5.74) is 1.04. The molecule has 1 heterocycles. The van der Waals surface area contributed by atoms with Crippen molar-refractivity contribution in [3.63, 3.8) is 0 Å². The van der Waals surface area contributed by atoms with Crippen LogP contribution in [0.15, 0.2) is 42.6 Å². The van der Waals surface area contributed by atoms with E-state index in [0.29, 0.717) is 0 Å². The van der Waals surface area contributed by atoms with Gasteiger partial charge in [-0.25, -0.2) is 0 Å². The molecule has 1 aromatic heterocycles. The standard InChI is InChI=1S/C14H12F2N2O2/c1-18-11(7-8-17-18)5-6-13(19)10-3-2-4-12(9-10)20-14(15)16/h2-9,14H,1H3/b6-5+. The molecule has 0 radical (unpaired) electrons. The first kappa shape index (κ1) is 13.9. The number of hydrogen-bond acceptors (Lipinski definition) is 3. The molecule has 0 saturated heterocycles. The van der Waals surface area contributed by atoms with E-state index >= 15 is 0 Å². The van der Waals surface area contributed by atoms with Gasteiger partial charge in [0.05, 0.1) is 5.69 Å². The van der Waals surface area contributed by atoms with Crippen molar-refractivity contribution in [2.45, 2.75) is 6.61 Å². The Hall–Kier alpha value is -2.50. The Balaban J connectivity index is 2.13. The molecule has 0 amide bonds. The van der Waals surface area contributed by atoms with Gasteiger partial charge in [-0.3, -0.25) is 9.48 Å². The van der Waals surface area contributed by atoms with Crippen LogP contribution in [0.3, 0.4) is 0 Å². The lowest BCUT2D eigenvalue weighted by Crippen LogP contribution is -2.03. The van der Waals surface area contributed by atoms with Crippen LogP contribution >= 0.6 is 0 Å². The second kappa shape index (κ2) is 6.10. The minimum Gasteiger partial charge on any atom is -0.435 e. The van der Waals surface area contributed by atoms with Crippen LogP contribution in [0, 0.1) is 0 Å². The highest BCUT2D eigenvalue weighted by Crippen LogP contribution is 2.16. The molecule has 0 aliphatic carbocycles. The third kappa shape index (κ3) is 3.50. The predicted molar refractivity (Wildman–Crippen MR) is 69.6 cm³/mol. The summed E-state index contributed by atoms with van der Waals surface area (Å²) in [7, 11) is 1.75. The number of halogens is 2. The molecular weight excluding hydrogens is 266 g/mol. The highest BCUT2D eigenvalue weighted by Gasteiger charge is 2.07. The summed E-state index contributed by atoms with van der Waals surface area (Å²) in [6.07, 6.45) is 4.58.